The van der Waals surface area contributed by atoms with Gasteiger partial charge in [0.05, 0.1) is 11.3 Å². The highest BCUT2D eigenvalue weighted by Crippen LogP contribution is 2.38. The molecule has 0 atom stereocenters. The maximum atomic E-state index is 13.3. The molecule has 3 rings (SSSR count). The number of halogens is 2. The van der Waals surface area contributed by atoms with E-state index >= 15 is 0 Å². The molecule has 5 heteroatoms. The topological polar surface area (TPSA) is 42.2 Å². The summed E-state index contributed by atoms with van der Waals surface area (Å²) in [5.41, 5.74) is 3.36. The van der Waals surface area contributed by atoms with Crippen molar-refractivity contribution in [1.82, 2.24) is 0 Å². The molecule has 3 aromatic rings. The van der Waals surface area contributed by atoms with Gasteiger partial charge < -0.3 is 9.73 Å². The summed E-state index contributed by atoms with van der Waals surface area (Å²) in [4.78, 5) is 11.6. The lowest BCUT2D eigenvalue weighted by Crippen LogP contribution is -1.89. The van der Waals surface area contributed by atoms with Crippen molar-refractivity contribution in [1.29, 1.82) is 0 Å². The van der Waals surface area contributed by atoms with E-state index in [0.717, 1.165) is 27.4 Å². The largest absolute Gasteiger partial charge is 0.455 e. The quantitative estimate of drug-likeness (QED) is 0.654. The molecule has 22 heavy (non-hydrogen) atoms. The lowest BCUT2D eigenvalue weighted by molar-refractivity contribution is 0.112. The van der Waals surface area contributed by atoms with E-state index in [-0.39, 0.29) is 5.82 Å². The van der Waals surface area contributed by atoms with Gasteiger partial charge in [0.15, 0.2) is 6.29 Å². The van der Waals surface area contributed by atoms with Crippen molar-refractivity contribution in [2.75, 3.05) is 12.4 Å². The molecule has 1 aromatic heterocycles. The summed E-state index contributed by atoms with van der Waals surface area (Å²) in [6.07, 6.45) is 0.773. The minimum absolute atomic E-state index is 0.315. The molecule has 0 aliphatic carbocycles. The first kappa shape index (κ1) is 14.8. The molecule has 1 heterocycles. The monoisotopic (exact) mass is 361 g/mol. The maximum absolute atomic E-state index is 13.3. The lowest BCUT2D eigenvalue weighted by Gasteiger charge is -2.03. The van der Waals surface area contributed by atoms with Crippen LogP contribution in [0.2, 0.25) is 0 Å². The number of anilines is 1. The van der Waals surface area contributed by atoms with Crippen molar-refractivity contribution in [3.8, 4) is 11.3 Å². The molecule has 112 valence electrons. The van der Waals surface area contributed by atoms with Gasteiger partial charge in [0.25, 0.3) is 0 Å². The van der Waals surface area contributed by atoms with Crippen LogP contribution in [0.15, 0.2) is 39.2 Å². The number of hydrogen-bond donors (Lipinski definition) is 1. The number of carbonyl (C=O) groups excluding carboxylic acids is 1. The van der Waals surface area contributed by atoms with E-state index in [0.29, 0.717) is 22.5 Å². The van der Waals surface area contributed by atoms with Crippen LogP contribution in [0.5, 0.6) is 0 Å². The first-order valence-corrected chi connectivity index (χ1v) is 7.50. The van der Waals surface area contributed by atoms with Crippen molar-refractivity contribution in [2.24, 2.45) is 0 Å². The Morgan fingerprint density at radius 3 is 2.68 bits per heavy atom. The van der Waals surface area contributed by atoms with Gasteiger partial charge >= 0.3 is 0 Å². The number of carbonyl (C=O) groups is 1. The van der Waals surface area contributed by atoms with Crippen LogP contribution in [0, 0.1) is 12.7 Å². The van der Waals surface area contributed by atoms with Crippen molar-refractivity contribution in [2.45, 2.75) is 6.92 Å². The number of aryl methyl sites for hydroxylation is 1. The number of aldehydes is 1. The minimum Gasteiger partial charge on any atom is -0.455 e. The Hall–Kier alpha value is -2.14. The Morgan fingerprint density at radius 2 is 2.05 bits per heavy atom. The first-order valence-electron chi connectivity index (χ1n) is 6.70. The summed E-state index contributed by atoms with van der Waals surface area (Å²) in [7, 11) is 1.81. The Bertz CT molecular complexity index is 886. The highest BCUT2D eigenvalue weighted by atomic mass is 79.9. The van der Waals surface area contributed by atoms with E-state index in [9.17, 15) is 9.18 Å². The second kappa shape index (κ2) is 5.57. The number of rotatable bonds is 3. The van der Waals surface area contributed by atoms with Crippen LogP contribution in [0.4, 0.5) is 10.1 Å². The zero-order valence-corrected chi connectivity index (χ0v) is 13.6. The molecule has 0 fully saturated rings. The summed E-state index contributed by atoms with van der Waals surface area (Å²) in [6.45, 7) is 1.79. The van der Waals surface area contributed by atoms with Crippen LogP contribution in [-0.2, 0) is 0 Å². The van der Waals surface area contributed by atoms with E-state index in [1.807, 2.05) is 12.1 Å². The van der Waals surface area contributed by atoms with Crippen molar-refractivity contribution >= 4 is 38.9 Å². The summed E-state index contributed by atoms with van der Waals surface area (Å²) in [5, 5.41) is 3.77. The molecule has 0 saturated heterocycles. The molecule has 0 saturated carbocycles. The Balaban J connectivity index is 2.32. The maximum Gasteiger partial charge on any atom is 0.154 e. The molecule has 3 nitrogen and oxygen atoms in total. The molecule has 0 amide bonds. The third kappa shape index (κ3) is 2.31. The molecular weight excluding hydrogens is 349 g/mol. The van der Waals surface area contributed by atoms with Crippen LogP contribution < -0.4 is 5.32 Å². The number of fused-ring (bicyclic) bond motifs is 1. The van der Waals surface area contributed by atoms with Gasteiger partial charge in [-0.3, -0.25) is 4.79 Å². The summed E-state index contributed by atoms with van der Waals surface area (Å²) in [6, 6.07) is 8.08. The smallest absolute Gasteiger partial charge is 0.154 e. The molecule has 0 spiro atoms. The highest BCUT2D eigenvalue weighted by Gasteiger charge is 2.18. The number of nitrogens with one attached hydrogen (secondary N) is 1. The Labute approximate surface area is 135 Å². The van der Waals surface area contributed by atoms with Gasteiger partial charge in [0, 0.05) is 28.5 Å². The molecule has 1 N–H and O–H groups in total. The lowest BCUT2D eigenvalue weighted by atomic mass is 10.0. The SMILES string of the molecule is CNc1cc2oc(-c3ccc(F)cc3C)c(C=O)c2cc1Br. The predicted octanol–water partition coefficient (Wildman–Crippen LogP) is 5.16. The van der Waals surface area contributed by atoms with E-state index in [1.54, 1.807) is 20.0 Å². The molecule has 0 bridgehead atoms. The van der Waals surface area contributed by atoms with Crippen molar-refractivity contribution in [3.05, 3.63) is 51.7 Å². The van der Waals surface area contributed by atoms with Crippen LogP contribution in [0.1, 0.15) is 15.9 Å². The van der Waals surface area contributed by atoms with E-state index < -0.39 is 0 Å². The molecule has 0 aliphatic heterocycles. The van der Waals surface area contributed by atoms with Gasteiger partial charge in [-0.1, -0.05) is 0 Å². The molecular formula is C17H13BrFNO2. The van der Waals surface area contributed by atoms with Crippen LogP contribution >= 0.6 is 15.9 Å². The normalized spacial score (nSPS) is 10.9. The van der Waals surface area contributed by atoms with Gasteiger partial charge in [-0.15, -0.1) is 0 Å². The molecule has 0 radical (unpaired) electrons. The zero-order chi connectivity index (χ0) is 15.9. The van der Waals surface area contributed by atoms with Crippen LogP contribution in [-0.4, -0.2) is 13.3 Å². The highest BCUT2D eigenvalue weighted by molar-refractivity contribution is 9.10. The summed E-state index contributed by atoms with van der Waals surface area (Å²) < 4.78 is 20.0. The fourth-order valence-electron chi connectivity index (χ4n) is 2.53. The Morgan fingerprint density at radius 1 is 1.27 bits per heavy atom. The van der Waals surface area contributed by atoms with Crippen molar-refractivity contribution < 1.29 is 13.6 Å². The van der Waals surface area contributed by atoms with E-state index in [2.05, 4.69) is 21.2 Å². The third-order valence-corrected chi connectivity index (χ3v) is 4.29. The third-order valence-electron chi connectivity index (χ3n) is 3.64. The first-order chi connectivity index (χ1) is 10.5. The summed E-state index contributed by atoms with van der Waals surface area (Å²) in [5.74, 6) is 0.146. The van der Waals surface area contributed by atoms with Gasteiger partial charge in [-0.25, -0.2) is 4.39 Å². The standard InChI is InChI=1S/C17H13BrFNO2/c1-9-5-10(19)3-4-11(9)17-13(8-21)12-6-14(18)15(20-2)7-16(12)22-17/h3-8,20H,1-2H3. The predicted molar refractivity (Wildman–Crippen MR) is 89.0 cm³/mol. The second-order valence-electron chi connectivity index (χ2n) is 5.00. The van der Waals surface area contributed by atoms with Crippen molar-refractivity contribution in [3.63, 3.8) is 0 Å². The number of furan rings is 1. The van der Waals surface area contributed by atoms with Gasteiger partial charge in [-0.2, -0.15) is 0 Å². The minimum atomic E-state index is -0.315. The van der Waals surface area contributed by atoms with Crippen LogP contribution in [0.25, 0.3) is 22.3 Å². The average molecular weight is 362 g/mol. The molecule has 0 aliphatic rings. The average Bonchev–Trinajstić information content (AvgIpc) is 2.83. The summed E-state index contributed by atoms with van der Waals surface area (Å²) >= 11 is 3.46. The molecule has 0 unspecified atom stereocenters. The molecule has 2 aromatic carbocycles. The van der Waals surface area contributed by atoms with Crippen LogP contribution in [0.3, 0.4) is 0 Å². The fraction of sp³-hybridized carbons (Fsp3) is 0.118. The fourth-order valence-corrected chi connectivity index (χ4v) is 3.07. The number of hydrogen-bond acceptors (Lipinski definition) is 3. The number of benzene rings is 2. The van der Waals surface area contributed by atoms with Gasteiger partial charge in [0.1, 0.15) is 17.2 Å². The van der Waals surface area contributed by atoms with Gasteiger partial charge in [0.2, 0.25) is 0 Å². The van der Waals surface area contributed by atoms with Gasteiger partial charge in [-0.05, 0) is 52.7 Å². The Kier molecular flexibility index (Phi) is 3.74. The van der Waals surface area contributed by atoms with E-state index in [1.165, 1.54) is 12.1 Å². The second-order valence-corrected chi connectivity index (χ2v) is 5.85. The zero-order valence-electron chi connectivity index (χ0n) is 12.0. The van der Waals surface area contributed by atoms with E-state index in [4.69, 9.17) is 4.42 Å².